The second-order valence-corrected chi connectivity index (χ2v) is 5.51. The molecule has 128 valence electrons. The van der Waals surface area contributed by atoms with Gasteiger partial charge in [-0.05, 0) is 48.7 Å². The van der Waals surface area contributed by atoms with Crippen LogP contribution >= 0.6 is 0 Å². The van der Waals surface area contributed by atoms with Crippen LogP contribution in [-0.4, -0.2) is 20.1 Å². The zero-order valence-corrected chi connectivity index (χ0v) is 14.7. The summed E-state index contributed by atoms with van der Waals surface area (Å²) < 4.78 is 10.4. The first-order valence-electron chi connectivity index (χ1n) is 7.71. The Hall–Kier alpha value is -3.26. The molecule has 0 atom stereocenters. The lowest BCUT2D eigenvalue weighted by molar-refractivity contribution is -0.112. The van der Waals surface area contributed by atoms with Gasteiger partial charge in [0.25, 0.3) is 5.91 Å². The summed E-state index contributed by atoms with van der Waals surface area (Å²) in [5.41, 5.74) is 3.29. The number of carbonyl (C=O) groups is 1. The molecule has 0 spiro atoms. The Bertz CT molecular complexity index is 843. The summed E-state index contributed by atoms with van der Waals surface area (Å²) in [7, 11) is 3.08. The average Bonchev–Trinajstić information content (AvgIpc) is 2.62. The molecule has 0 unspecified atom stereocenters. The Kier molecular flexibility index (Phi) is 5.80. The van der Waals surface area contributed by atoms with Crippen molar-refractivity contribution in [2.75, 3.05) is 19.5 Å². The van der Waals surface area contributed by atoms with E-state index in [1.54, 1.807) is 25.3 Å². The molecule has 1 amide bonds. The van der Waals surface area contributed by atoms with E-state index >= 15 is 0 Å². The molecule has 5 nitrogen and oxygen atoms in total. The average molecular weight is 336 g/mol. The molecule has 0 saturated heterocycles. The van der Waals surface area contributed by atoms with E-state index in [0.29, 0.717) is 17.1 Å². The van der Waals surface area contributed by atoms with Gasteiger partial charge in [-0.25, -0.2) is 0 Å². The van der Waals surface area contributed by atoms with Crippen LogP contribution in [0.5, 0.6) is 11.5 Å². The van der Waals surface area contributed by atoms with Gasteiger partial charge in [-0.2, -0.15) is 5.26 Å². The summed E-state index contributed by atoms with van der Waals surface area (Å²) in [5, 5.41) is 12.2. The zero-order valence-electron chi connectivity index (χ0n) is 14.7. The van der Waals surface area contributed by atoms with Crippen molar-refractivity contribution in [2.24, 2.45) is 0 Å². The Labute approximate surface area is 147 Å². The van der Waals surface area contributed by atoms with E-state index in [4.69, 9.17) is 9.47 Å². The highest BCUT2D eigenvalue weighted by molar-refractivity contribution is 6.10. The van der Waals surface area contributed by atoms with Crippen LogP contribution in [0.2, 0.25) is 0 Å². The van der Waals surface area contributed by atoms with Crippen LogP contribution in [0, 0.1) is 25.2 Å². The molecule has 0 aliphatic heterocycles. The minimum absolute atomic E-state index is 0.00914. The number of nitrogens with zero attached hydrogens (tertiary/aromatic N) is 1. The molecule has 0 saturated carbocycles. The van der Waals surface area contributed by atoms with E-state index < -0.39 is 5.91 Å². The van der Waals surface area contributed by atoms with Crippen molar-refractivity contribution in [3.05, 3.63) is 58.7 Å². The van der Waals surface area contributed by atoms with Crippen LogP contribution in [0.1, 0.15) is 16.7 Å². The number of amides is 1. The molecule has 2 aromatic rings. The largest absolute Gasteiger partial charge is 0.493 e. The molecular formula is C20H20N2O3. The van der Waals surface area contributed by atoms with Gasteiger partial charge in [0.05, 0.1) is 14.2 Å². The number of methoxy groups -OCH3 is 2. The molecule has 0 fully saturated rings. The first kappa shape index (κ1) is 18.1. The summed E-state index contributed by atoms with van der Waals surface area (Å²) in [5.74, 6) is 0.663. The van der Waals surface area contributed by atoms with E-state index in [2.05, 4.69) is 5.32 Å². The van der Waals surface area contributed by atoms with E-state index in [9.17, 15) is 10.1 Å². The highest BCUT2D eigenvalue weighted by Crippen LogP contribution is 2.28. The fourth-order valence-electron chi connectivity index (χ4n) is 2.45. The second-order valence-electron chi connectivity index (χ2n) is 5.51. The molecule has 25 heavy (non-hydrogen) atoms. The summed E-state index contributed by atoms with van der Waals surface area (Å²) in [4.78, 5) is 12.5. The quantitative estimate of drug-likeness (QED) is 0.665. The number of nitrogens with one attached hydrogen (secondary N) is 1. The Morgan fingerprint density at radius 1 is 1.08 bits per heavy atom. The summed E-state index contributed by atoms with van der Waals surface area (Å²) >= 11 is 0. The van der Waals surface area contributed by atoms with Crippen molar-refractivity contribution in [2.45, 2.75) is 13.8 Å². The van der Waals surface area contributed by atoms with Crippen LogP contribution < -0.4 is 14.8 Å². The lowest BCUT2D eigenvalue weighted by Crippen LogP contribution is -2.15. The number of rotatable bonds is 5. The predicted molar refractivity (Wildman–Crippen MR) is 97.7 cm³/mol. The van der Waals surface area contributed by atoms with Gasteiger partial charge in [0.15, 0.2) is 11.5 Å². The van der Waals surface area contributed by atoms with Crippen LogP contribution in [0.3, 0.4) is 0 Å². The van der Waals surface area contributed by atoms with E-state index in [-0.39, 0.29) is 5.57 Å². The standard InChI is InChI=1S/C20H20N2O3/c1-13-6-5-7-14(2)19(13)22-20(23)16(12-21)10-15-8-9-17(24-3)18(11-15)25-4/h5-11H,1-4H3,(H,22,23). The Morgan fingerprint density at radius 2 is 1.72 bits per heavy atom. The third kappa shape index (κ3) is 4.18. The first-order valence-corrected chi connectivity index (χ1v) is 7.71. The number of ether oxygens (including phenoxy) is 2. The number of nitriles is 1. The highest BCUT2D eigenvalue weighted by atomic mass is 16.5. The van der Waals surface area contributed by atoms with Gasteiger partial charge in [0.2, 0.25) is 0 Å². The smallest absolute Gasteiger partial charge is 0.266 e. The Morgan fingerprint density at radius 3 is 2.28 bits per heavy atom. The number of anilines is 1. The second kappa shape index (κ2) is 8.02. The van der Waals surface area contributed by atoms with Crippen molar-refractivity contribution in [1.29, 1.82) is 5.26 Å². The third-order valence-corrected chi connectivity index (χ3v) is 3.80. The minimum Gasteiger partial charge on any atom is -0.493 e. The zero-order chi connectivity index (χ0) is 18.4. The maximum Gasteiger partial charge on any atom is 0.266 e. The van der Waals surface area contributed by atoms with Crippen molar-refractivity contribution >= 4 is 17.7 Å². The van der Waals surface area contributed by atoms with Gasteiger partial charge in [-0.1, -0.05) is 24.3 Å². The van der Waals surface area contributed by atoms with Gasteiger partial charge >= 0.3 is 0 Å². The van der Waals surface area contributed by atoms with E-state index in [0.717, 1.165) is 16.8 Å². The van der Waals surface area contributed by atoms with Gasteiger partial charge in [0.1, 0.15) is 11.6 Å². The van der Waals surface area contributed by atoms with Crippen molar-refractivity contribution in [3.8, 4) is 17.6 Å². The van der Waals surface area contributed by atoms with E-state index in [1.165, 1.54) is 13.2 Å². The molecule has 0 heterocycles. The molecular weight excluding hydrogens is 316 g/mol. The lowest BCUT2D eigenvalue weighted by atomic mass is 10.1. The van der Waals surface area contributed by atoms with Crippen LogP contribution in [0.15, 0.2) is 42.0 Å². The van der Waals surface area contributed by atoms with Crippen LogP contribution in [0.25, 0.3) is 6.08 Å². The molecule has 0 aromatic heterocycles. The Balaban J connectivity index is 2.31. The van der Waals surface area contributed by atoms with E-state index in [1.807, 2.05) is 38.1 Å². The fraction of sp³-hybridized carbons (Fsp3) is 0.200. The fourth-order valence-corrected chi connectivity index (χ4v) is 2.45. The van der Waals surface area contributed by atoms with Crippen LogP contribution in [0.4, 0.5) is 5.69 Å². The lowest BCUT2D eigenvalue weighted by Gasteiger charge is -2.11. The van der Waals surface area contributed by atoms with Gasteiger partial charge in [-0.15, -0.1) is 0 Å². The van der Waals surface area contributed by atoms with Gasteiger partial charge in [-0.3, -0.25) is 4.79 Å². The number of hydrogen-bond donors (Lipinski definition) is 1. The maximum atomic E-state index is 12.5. The molecule has 2 rings (SSSR count). The molecule has 0 aliphatic rings. The minimum atomic E-state index is -0.449. The molecule has 0 bridgehead atoms. The van der Waals surface area contributed by atoms with Crippen molar-refractivity contribution < 1.29 is 14.3 Å². The number of para-hydroxylation sites is 1. The molecule has 5 heteroatoms. The molecule has 0 radical (unpaired) electrons. The summed E-state index contributed by atoms with van der Waals surface area (Å²) in [6.07, 6.45) is 1.52. The van der Waals surface area contributed by atoms with Gasteiger partial charge in [0, 0.05) is 5.69 Å². The van der Waals surface area contributed by atoms with Crippen molar-refractivity contribution in [3.63, 3.8) is 0 Å². The third-order valence-electron chi connectivity index (χ3n) is 3.80. The maximum absolute atomic E-state index is 12.5. The summed E-state index contributed by atoms with van der Waals surface area (Å²) in [6, 6.07) is 12.9. The highest BCUT2D eigenvalue weighted by Gasteiger charge is 2.13. The number of carbonyl (C=O) groups excluding carboxylic acids is 1. The molecule has 1 N–H and O–H groups in total. The summed E-state index contributed by atoms with van der Waals surface area (Å²) in [6.45, 7) is 3.82. The number of benzene rings is 2. The number of aryl methyl sites for hydroxylation is 2. The first-order chi connectivity index (χ1) is 12.0. The van der Waals surface area contributed by atoms with Crippen LogP contribution in [-0.2, 0) is 4.79 Å². The normalized spacial score (nSPS) is 10.8. The molecule has 0 aliphatic carbocycles. The van der Waals surface area contributed by atoms with Crippen molar-refractivity contribution in [1.82, 2.24) is 0 Å². The molecule has 2 aromatic carbocycles. The number of hydrogen-bond acceptors (Lipinski definition) is 4. The SMILES string of the molecule is COc1ccc(C=C(C#N)C(=O)Nc2c(C)cccc2C)cc1OC. The topological polar surface area (TPSA) is 71.3 Å². The van der Waals surface area contributed by atoms with Gasteiger partial charge < -0.3 is 14.8 Å². The monoisotopic (exact) mass is 336 g/mol. The predicted octanol–water partition coefficient (Wildman–Crippen LogP) is 3.87.